The molecule has 1 aliphatic carbocycles. The van der Waals surface area contributed by atoms with Gasteiger partial charge in [-0.2, -0.15) is 0 Å². The Morgan fingerprint density at radius 2 is 2.07 bits per heavy atom. The first kappa shape index (κ1) is 19.4. The predicted molar refractivity (Wildman–Crippen MR) is 105 cm³/mol. The lowest BCUT2D eigenvalue weighted by Gasteiger charge is -2.42. The van der Waals surface area contributed by atoms with Gasteiger partial charge in [0, 0.05) is 38.7 Å². The quantitative estimate of drug-likeness (QED) is 0.728. The van der Waals surface area contributed by atoms with E-state index in [-0.39, 0.29) is 23.9 Å². The first-order chi connectivity index (χ1) is 13.5. The average molecular weight is 386 g/mol. The second-order valence-electron chi connectivity index (χ2n) is 8.33. The van der Waals surface area contributed by atoms with E-state index >= 15 is 0 Å². The van der Waals surface area contributed by atoms with Crippen molar-refractivity contribution in [1.82, 2.24) is 9.80 Å². The Morgan fingerprint density at radius 1 is 1.32 bits per heavy atom. The Morgan fingerprint density at radius 3 is 2.82 bits per heavy atom. The van der Waals surface area contributed by atoms with Crippen LogP contribution in [0.2, 0.25) is 0 Å². The minimum atomic E-state index is -0.757. The number of carbonyl (C=O) groups excluding carboxylic acids is 2. The number of carbonyl (C=O) groups is 2. The van der Waals surface area contributed by atoms with Crippen LogP contribution in [0.25, 0.3) is 0 Å². The minimum Gasteiger partial charge on any atom is -0.448 e. The summed E-state index contributed by atoms with van der Waals surface area (Å²) in [6.07, 6.45) is 4.11. The summed E-state index contributed by atoms with van der Waals surface area (Å²) in [6, 6.07) is 7.54. The molecule has 1 saturated heterocycles. The van der Waals surface area contributed by atoms with Gasteiger partial charge in [0.25, 0.3) is 0 Å². The highest BCUT2D eigenvalue weighted by Gasteiger charge is 2.55. The van der Waals surface area contributed by atoms with Crippen molar-refractivity contribution in [2.24, 2.45) is 5.92 Å². The molecule has 28 heavy (non-hydrogen) atoms. The summed E-state index contributed by atoms with van der Waals surface area (Å²) in [6.45, 7) is 3.99. The molecule has 4 rings (SSSR count). The van der Waals surface area contributed by atoms with Crippen molar-refractivity contribution in [1.29, 1.82) is 0 Å². The third kappa shape index (κ3) is 3.33. The van der Waals surface area contributed by atoms with Crippen LogP contribution >= 0.6 is 0 Å². The number of ether oxygens (including phenoxy) is 2. The third-order valence-corrected chi connectivity index (χ3v) is 6.72. The van der Waals surface area contributed by atoms with Gasteiger partial charge in [-0.1, -0.05) is 18.2 Å². The molecule has 6 nitrogen and oxygen atoms in total. The van der Waals surface area contributed by atoms with E-state index in [1.54, 1.807) is 7.11 Å². The smallest absolute Gasteiger partial charge is 0.339 e. The summed E-state index contributed by atoms with van der Waals surface area (Å²) in [5, 5.41) is 0. The normalized spacial score (nSPS) is 29.7. The second kappa shape index (κ2) is 7.84. The van der Waals surface area contributed by atoms with Gasteiger partial charge >= 0.3 is 5.97 Å². The molecule has 0 aromatic heterocycles. The van der Waals surface area contributed by atoms with Crippen molar-refractivity contribution in [2.75, 3.05) is 40.3 Å². The summed E-state index contributed by atoms with van der Waals surface area (Å²) in [7, 11) is 3.54. The third-order valence-electron chi connectivity index (χ3n) is 6.72. The van der Waals surface area contributed by atoms with Gasteiger partial charge in [-0.3, -0.25) is 4.79 Å². The van der Waals surface area contributed by atoms with Crippen LogP contribution in [0.5, 0.6) is 0 Å². The topological polar surface area (TPSA) is 59.1 Å². The van der Waals surface area contributed by atoms with Crippen LogP contribution in [0.15, 0.2) is 24.3 Å². The molecule has 3 unspecified atom stereocenters. The summed E-state index contributed by atoms with van der Waals surface area (Å²) in [5.41, 5.74) is 0.769. The number of nitrogens with zero attached hydrogens (tertiary/aromatic N) is 2. The zero-order valence-corrected chi connectivity index (χ0v) is 16.9. The van der Waals surface area contributed by atoms with Crippen molar-refractivity contribution in [3.8, 4) is 0 Å². The van der Waals surface area contributed by atoms with Crippen molar-refractivity contribution < 1.29 is 19.1 Å². The Hall–Kier alpha value is -1.92. The molecule has 1 aromatic carbocycles. The molecule has 3 atom stereocenters. The van der Waals surface area contributed by atoms with Crippen LogP contribution in [0.4, 0.5) is 0 Å². The summed E-state index contributed by atoms with van der Waals surface area (Å²) in [4.78, 5) is 29.7. The number of fused-ring (bicyclic) bond motifs is 2. The molecule has 6 heteroatoms. The maximum atomic E-state index is 13.0. The maximum absolute atomic E-state index is 13.0. The molecule has 0 N–H and O–H groups in total. The van der Waals surface area contributed by atoms with E-state index in [1.165, 1.54) is 12.8 Å². The lowest BCUT2D eigenvalue weighted by Crippen LogP contribution is -2.49. The van der Waals surface area contributed by atoms with Gasteiger partial charge in [-0.25, -0.2) is 4.79 Å². The van der Waals surface area contributed by atoms with Crippen LogP contribution in [-0.2, 0) is 19.9 Å². The fourth-order valence-corrected chi connectivity index (χ4v) is 5.08. The lowest BCUT2D eigenvalue weighted by molar-refractivity contribution is -0.152. The van der Waals surface area contributed by atoms with E-state index in [1.807, 2.05) is 36.2 Å². The zero-order valence-electron chi connectivity index (χ0n) is 16.9. The zero-order chi connectivity index (χ0) is 19.7. The molecule has 1 aromatic rings. The highest BCUT2D eigenvalue weighted by Crippen LogP contribution is 2.49. The fourth-order valence-electron chi connectivity index (χ4n) is 5.08. The molecule has 3 aliphatic rings. The van der Waals surface area contributed by atoms with E-state index in [2.05, 4.69) is 4.90 Å². The number of likely N-dealkylation sites (tertiary alicyclic amines) is 1. The first-order valence-corrected chi connectivity index (χ1v) is 10.4. The van der Waals surface area contributed by atoms with E-state index in [4.69, 9.17) is 9.47 Å². The number of rotatable bonds is 5. The molecule has 1 spiro atoms. The number of benzene rings is 1. The number of likely N-dealkylation sites (N-methyl/N-ethyl adjacent to an activating group) is 1. The van der Waals surface area contributed by atoms with E-state index in [9.17, 15) is 9.59 Å². The Balaban J connectivity index is 1.43. The molecule has 1 amide bonds. The largest absolute Gasteiger partial charge is 0.448 e. The van der Waals surface area contributed by atoms with E-state index in [0.29, 0.717) is 24.8 Å². The van der Waals surface area contributed by atoms with Crippen molar-refractivity contribution >= 4 is 11.9 Å². The maximum Gasteiger partial charge on any atom is 0.339 e. The van der Waals surface area contributed by atoms with Crippen LogP contribution in [0.1, 0.15) is 48.0 Å². The SMILES string of the molecule is COC1CC(C(=O)N(C)CCN2CCCC2)CCC12OC(=O)c1ccccc12. The van der Waals surface area contributed by atoms with Gasteiger partial charge in [0.05, 0.1) is 5.56 Å². The highest BCUT2D eigenvalue weighted by molar-refractivity contribution is 5.95. The summed E-state index contributed by atoms with van der Waals surface area (Å²) >= 11 is 0. The molecule has 0 radical (unpaired) electrons. The Kier molecular flexibility index (Phi) is 5.43. The van der Waals surface area contributed by atoms with Crippen molar-refractivity contribution in [3.05, 3.63) is 35.4 Å². The molecular weight excluding hydrogens is 356 g/mol. The Labute approximate surface area is 166 Å². The predicted octanol–water partition coefficient (Wildman–Crippen LogP) is 2.42. The Bertz CT molecular complexity index is 746. The van der Waals surface area contributed by atoms with Crippen molar-refractivity contribution in [3.63, 3.8) is 0 Å². The first-order valence-electron chi connectivity index (χ1n) is 10.4. The molecule has 152 valence electrons. The van der Waals surface area contributed by atoms with Crippen LogP contribution in [0.3, 0.4) is 0 Å². The molecule has 2 aliphatic heterocycles. The fraction of sp³-hybridized carbons (Fsp3) is 0.636. The second-order valence-corrected chi connectivity index (χ2v) is 8.33. The summed E-state index contributed by atoms with van der Waals surface area (Å²) in [5.74, 6) is -0.204. The van der Waals surface area contributed by atoms with E-state index < -0.39 is 5.60 Å². The lowest BCUT2D eigenvalue weighted by atomic mass is 9.72. The van der Waals surface area contributed by atoms with Gasteiger partial charge in [-0.05, 0) is 51.3 Å². The molecule has 2 fully saturated rings. The average Bonchev–Trinajstić information content (AvgIpc) is 3.34. The van der Waals surface area contributed by atoms with Crippen LogP contribution in [0, 0.1) is 5.92 Å². The van der Waals surface area contributed by atoms with Gasteiger partial charge in [0.15, 0.2) is 5.60 Å². The number of hydrogen-bond acceptors (Lipinski definition) is 5. The standard InChI is InChI=1S/C22H30N2O4/c1-23(13-14-24-11-5-6-12-24)20(25)16-9-10-22(19(15-16)27-2)18-8-4-3-7-17(18)21(26)28-22/h3-4,7-8,16,19H,5-6,9-15H2,1-2H3. The van der Waals surface area contributed by atoms with Gasteiger partial charge < -0.3 is 19.3 Å². The number of amides is 1. The molecular formula is C22H30N2O4. The van der Waals surface area contributed by atoms with E-state index in [0.717, 1.165) is 31.7 Å². The minimum absolute atomic E-state index is 0.0920. The molecule has 1 saturated carbocycles. The van der Waals surface area contributed by atoms with Gasteiger partial charge in [-0.15, -0.1) is 0 Å². The van der Waals surface area contributed by atoms with Gasteiger partial charge in [0.2, 0.25) is 5.91 Å². The number of esters is 1. The monoisotopic (exact) mass is 386 g/mol. The number of hydrogen-bond donors (Lipinski definition) is 0. The molecule has 0 bridgehead atoms. The van der Waals surface area contributed by atoms with Gasteiger partial charge in [0.1, 0.15) is 6.10 Å². The molecule has 2 heterocycles. The van der Waals surface area contributed by atoms with Crippen LogP contribution in [-0.4, -0.2) is 68.1 Å². The van der Waals surface area contributed by atoms with Crippen LogP contribution < -0.4 is 0 Å². The van der Waals surface area contributed by atoms with Crippen molar-refractivity contribution in [2.45, 2.75) is 43.8 Å². The highest BCUT2D eigenvalue weighted by atomic mass is 16.6. The number of methoxy groups -OCH3 is 1. The summed E-state index contributed by atoms with van der Waals surface area (Å²) < 4.78 is 11.7.